The van der Waals surface area contributed by atoms with Crippen molar-refractivity contribution in [2.45, 2.75) is 52.1 Å². The molecule has 0 radical (unpaired) electrons. The third-order valence-electron chi connectivity index (χ3n) is 7.18. The van der Waals surface area contributed by atoms with Gasteiger partial charge >= 0.3 is 6.18 Å². The molecule has 4 nitrogen and oxygen atoms in total. The Morgan fingerprint density at radius 1 is 1.10 bits per heavy atom. The molecule has 2 aromatic heterocycles. The fourth-order valence-corrected chi connectivity index (χ4v) is 6.60. The number of hydrogen-bond donors (Lipinski definition) is 0. The van der Waals surface area contributed by atoms with Gasteiger partial charge in [-0.2, -0.15) is 13.2 Å². The minimum absolute atomic E-state index is 0.306. The number of alkyl halides is 3. The van der Waals surface area contributed by atoms with E-state index in [4.69, 9.17) is 0 Å². The van der Waals surface area contributed by atoms with Crippen LogP contribution in [0.3, 0.4) is 0 Å². The summed E-state index contributed by atoms with van der Waals surface area (Å²) in [6.07, 6.45) is 1.76. The monoisotopic (exact) mass is 438 g/mol. The summed E-state index contributed by atoms with van der Waals surface area (Å²) in [7, 11) is 0. The number of aromatic nitrogens is 2. The van der Waals surface area contributed by atoms with E-state index >= 15 is 0 Å². The molecular formula is C22H29F3N4S. The minimum Gasteiger partial charge on any atom is -0.355 e. The van der Waals surface area contributed by atoms with Crippen LogP contribution in [0.4, 0.5) is 19.0 Å². The lowest BCUT2D eigenvalue weighted by Gasteiger charge is -2.61. The second kappa shape index (κ2) is 7.05. The van der Waals surface area contributed by atoms with Crippen LogP contribution in [0.2, 0.25) is 0 Å². The molecule has 1 saturated carbocycles. The van der Waals surface area contributed by atoms with E-state index in [9.17, 15) is 13.2 Å². The molecule has 4 heterocycles. The molecule has 30 heavy (non-hydrogen) atoms. The van der Waals surface area contributed by atoms with Gasteiger partial charge in [0.2, 0.25) is 0 Å². The molecule has 2 aromatic rings. The number of anilines is 1. The molecule has 3 fully saturated rings. The molecule has 8 heteroatoms. The predicted molar refractivity (Wildman–Crippen MR) is 114 cm³/mol. The van der Waals surface area contributed by atoms with Gasteiger partial charge in [-0.15, -0.1) is 11.3 Å². The summed E-state index contributed by atoms with van der Waals surface area (Å²) < 4.78 is 38.3. The van der Waals surface area contributed by atoms with Gasteiger partial charge in [-0.05, 0) is 43.1 Å². The third kappa shape index (κ3) is 4.05. The lowest BCUT2D eigenvalue weighted by atomic mass is 9.70. The highest BCUT2D eigenvalue weighted by Crippen LogP contribution is 2.45. The SMILES string of the molecule is CC1(C)CCC(CN2CC3(C2)CN(c2ncnc4sc(CC(F)(F)F)cc24)C3)CC1. The first-order valence-electron chi connectivity index (χ1n) is 10.9. The van der Waals surface area contributed by atoms with E-state index < -0.39 is 12.6 Å². The van der Waals surface area contributed by atoms with Crippen LogP contribution in [0.15, 0.2) is 12.4 Å². The van der Waals surface area contributed by atoms with Crippen LogP contribution in [0.1, 0.15) is 44.4 Å². The maximum absolute atomic E-state index is 12.8. The van der Waals surface area contributed by atoms with Crippen LogP contribution in [-0.2, 0) is 6.42 Å². The first-order chi connectivity index (χ1) is 14.1. The zero-order valence-electron chi connectivity index (χ0n) is 17.6. The summed E-state index contributed by atoms with van der Waals surface area (Å²) in [6.45, 7) is 10.2. The average molecular weight is 439 g/mol. The van der Waals surface area contributed by atoms with E-state index in [0.29, 0.717) is 20.5 Å². The predicted octanol–water partition coefficient (Wildman–Crippen LogP) is 5.13. The van der Waals surface area contributed by atoms with Crippen molar-refractivity contribution in [1.82, 2.24) is 14.9 Å². The topological polar surface area (TPSA) is 32.3 Å². The molecule has 3 aliphatic rings. The number of fused-ring (bicyclic) bond motifs is 1. The second-order valence-electron chi connectivity index (χ2n) is 10.6. The molecule has 0 amide bonds. The van der Waals surface area contributed by atoms with Gasteiger partial charge in [-0.25, -0.2) is 9.97 Å². The van der Waals surface area contributed by atoms with E-state index in [0.717, 1.165) is 54.6 Å². The van der Waals surface area contributed by atoms with E-state index in [2.05, 4.69) is 33.6 Å². The lowest BCUT2D eigenvalue weighted by molar-refractivity contribution is -0.126. The van der Waals surface area contributed by atoms with Crippen molar-refractivity contribution in [3.63, 3.8) is 0 Å². The van der Waals surface area contributed by atoms with Crippen molar-refractivity contribution in [2.75, 3.05) is 37.6 Å². The third-order valence-corrected chi connectivity index (χ3v) is 8.22. The molecule has 0 unspecified atom stereocenters. The molecule has 2 saturated heterocycles. The Bertz CT molecular complexity index is 914. The van der Waals surface area contributed by atoms with Crippen LogP contribution >= 0.6 is 11.3 Å². The summed E-state index contributed by atoms with van der Waals surface area (Å²) in [4.78, 5) is 14.4. The molecule has 2 aliphatic heterocycles. The maximum Gasteiger partial charge on any atom is 0.393 e. The summed E-state index contributed by atoms with van der Waals surface area (Å²) in [6, 6.07) is 1.63. The maximum atomic E-state index is 12.8. The quantitative estimate of drug-likeness (QED) is 0.662. The number of hydrogen-bond acceptors (Lipinski definition) is 5. The first kappa shape index (κ1) is 20.5. The Labute approximate surface area is 179 Å². The normalized spacial score (nSPS) is 24.2. The largest absolute Gasteiger partial charge is 0.393 e. The number of nitrogens with zero attached hydrogens (tertiary/aromatic N) is 4. The Hall–Kier alpha value is -1.41. The molecular weight excluding hydrogens is 409 g/mol. The summed E-state index contributed by atoms with van der Waals surface area (Å²) in [5.41, 5.74) is 0.863. The first-order valence-corrected chi connectivity index (χ1v) is 11.7. The fourth-order valence-electron chi connectivity index (χ4n) is 5.58. The van der Waals surface area contributed by atoms with Crippen LogP contribution in [-0.4, -0.2) is 53.8 Å². The number of halogens is 3. The van der Waals surface area contributed by atoms with Crippen LogP contribution in [0.25, 0.3) is 10.2 Å². The van der Waals surface area contributed by atoms with Gasteiger partial charge in [0.1, 0.15) is 17.0 Å². The Kier molecular flexibility index (Phi) is 4.82. The standard InChI is InChI=1S/C22H29F3N4S/c1-20(2)5-3-15(4-6-20)9-28-10-21(11-28)12-29(13-21)18-17-7-16(8-22(23,24)25)30-19(17)27-14-26-18/h7,14-15H,3-6,8-13H2,1-2H3. The highest BCUT2D eigenvalue weighted by atomic mass is 32.1. The van der Waals surface area contributed by atoms with E-state index in [-0.39, 0.29) is 0 Å². The van der Waals surface area contributed by atoms with E-state index in [1.807, 2.05) is 0 Å². The Morgan fingerprint density at radius 2 is 1.80 bits per heavy atom. The van der Waals surface area contributed by atoms with Crippen LogP contribution in [0, 0.1) is 16.7 Å². The van der Waals surface area contributed by atoms with Crippen molar-refractivity contribution in [1.29, 1.82) is 0 Å². The molecule has 1 spiro atoms. The molecule has 0 N–H and O–H groups in total. The number of rotatable bonds is 4. The van der Waals surface area contributed by atoms with Crippen molar-refractivity contribution < 1.29 is 13.2 Å². The van der Waals surface area contributed by atoms with Gasteiger partial charge in [-0.1, -0.05) is 13.8 Å². The molecule has 1 aliphatic carbocycles. The fraction of sp³-hybridized carbons (Fsp3) is 0.727. The summed E-state index contributed by atoms with van der Waals surface area (Å²) in [5.74, 6) is 1.63. The van der Waals surface area contributed by atoms with Gasteiger partial charge in [0.25, 0.3) is 0 Å². The zero-order chi connectivity index (χ0) is 21.1. The summed E-state index contributed by atoms with van der Waals surface area (Å²) in [5, 5.41) is 0.762. The summed E-state index contributed by atoms with van der Waals surface area (Å²) >= 11 is 1.12. The Morgan fingerprint density at radius 3 is 2.47 bits per heavy atom. The molecule has 0 atom stereocenters. The molecule has 5 rings (SSSR count). The minimum atomic E-state index is -4.20. The van der Waals surface area contributed by atoms with Crippen LogP contribution < -0.4 is 4.90 Å². The Balaban J connectivity index is 1.17. The lowest BCUT2D eigenvalue weighted by Crippen LogP contribution is -2.72. The zero-order valence-corrected chi connectivity index (χ0v) is 18.5. The van der Waals surface area contributed by atoms with Gasteiger partial charge < -0.3 is 9.80 Å². The van der Waals surface area contributed by atoms with Crippen molar-refractivity contribution in [2.24, 2.45) is 16.7 Å². The van der Waals surface area contributed by atoms with E-state index in [1.54, 1.807) is 6.07 Å². The smallest absolute Gasteiger partial charge is 0.355 e. The van der Waals surface area contributed by atoms with Crippen LogP contribution in [0.5, 0.6) is 0 Å². The van der Waals surface area contributed by atoms with E-state index in [1.165, 1.54) is 38.6 Å². The van der Waals surface area contributed by atoms with Gasteiger partial charge in [-0.3, -0.25) is 0 Å². The van der Waals surface area contributed by atoms with Gasteiger partial charge in [0.15, 0.2) is 0 Å². The second-order valence-corrected chi connectivity index (χ2v) is 11.7. The highest BCUT2D eigenvalue weighted by Gasteiger charge is 2.52. The van der Waals surface area contributed by atoms with Crippen molar-refractivity contribution >= 4 is 27.4 Å². The number of thiophene rings is 1. The number of likely N-dealkylation sites (tertiary alicyclic amines) is 1. The molecule has 0 bridgehead atoms. The average Bonchev–Trinajstić information content (AvgIpc) is 2.97. The van der Waals surface area contributed by atoms with Gasteiger partial charge in [0, 0.05) is 43.0 Å². The molecule has 0 aromatic carbocycles. The molecule has 164 valence electrons. The van der Waals surface area contributed by atoms with Gasteiger partial charge in [0.05, 0.1) is 11.8 Å². The highest BCUT2D eigenvalue weighted by molar-refractivity contribution is 7.18. The van der Waals surface area contributed by atoms with Crippen molar-refractivity contribution in [3.8, 4) is 0 Å². The van der Waals surface area contributed by atoms with Crippen molar-refractivity contribution in [3.05, 3.63) is 17.3 Å².